The second-order valence-electron chi connectivity index (χ2n) is 4.58. The number of rotatable bonds is 5. The summed E-state index contributed by atoms with van der Waals surface area (Å²) in [6.07, 6.45) is 0. The lowest BCUT2D eigenvalue weighted by Gasteiger charge is -2.01. The van der Waals surface area contributed by atoms with Crippen LogP contribution in [0.2, 0.25) is 0 Å². The van der Waals surface area contributed by atoms with Gasteiger partial charge in [-0.2, -0.15) is 0 Å². The number of ketones is 1. The first kappa shape index (κ1) is 19.3. The van der Waals surface area contributed by atoms with Gasteiger partial charge in [-0.25, -0.2) is 4.98 Å². The molecule has 1 heterocycles. The molecule has 24 heavy (non-hydrogen) atoms. The number of halogens is 2. The molecule has 0 radical (unpaired) electrons. The summed E-state index contributed by atoms with van der Waals surface area (Å²) in [6.45, 7) is 0. The van der Waals surface area contributed by atoms with E-state index in [1.807, 2.05) is 46.9 Å². The normalized spacial score (nSPS) is 10.4. The van der Waals surface area contributed by atoms with Crippen LogP contribution in [-0.2, 0) is 0 Å². The van der Waals surface area contributed by atoms with Gasteiger partial charge in [-0.3, -0.25) is 14.9 Å². The monoisotopic (exact) mass is 536 g/mol. The number of carbonyl (C=O) groups is 1. The van der Waals surface area contributed by atoms with Crippen molar-refractivity contribution in [1.82, 2.24) is 4.98 Å². The largest absolute Gasteiger partial charge is 0.293 e. The van der Waals surface area contributed by atoms with E-state index in [9.17, 15) is 14.9 Å². The standard InChI is InChI=1S/C15H9IN2O3S2.BrH/c16-10-6-5-9(7-12(10)18(20)21)13(19)8-22-15-17-11-3-1-2-4-14(11)23-15;/h1-7H,8H2;1H. The van der Waals surface area contributed by atoms with E-state index in [1.54, 1.807) is 12.1 Å². The number of aromatic nitrogens is 1. The van der Waals surface area contributed by atoms with Gasteiger partial charge in [-0.1, -0.05) is 23.9 Å². The van der Waals surface area contributed by atoms with E-state index in [0.717, 1.165) is 14.6 Å². The molecular formula is C15H10BrIN2O3S2. The summed E-state index contributed by atoms with van der Waals surface area (Å²) in [4.78, 5) is 27.2. The van der Waals surface area contributed by atoms with Crippen LogP contribution in [0.25, 0.3) is 10.2 Å². The zero-order chi connectivity index (χ0) is 16.4. The van der Waals surface area contributed by atoms with Gasteiger partial charge in [0.1, 0.15) is 0 Å². The number of benzene rings is 2. The molecule has 0 saturated heterocycles. The van der Waals surface area contributed by atoms with Crippen LogP contribution in [0.3, 0.4) is 0 Å². The van der Waals surface area contributed by atoms with Crippen molar-refractivity contribution in [3.05, 3.63) is 61.7 Å². The van der Waals surface area contributed by atoms with Gasteiger partial charge in [0.15, 0.2) is 10.1 Å². The predicted octanol–water partition coefficient (Wildman–Crippen LogP) is 5.36. The number of nitro benzene ring substituents is 1. The Labute approximate surface area is 169 Å². The molecule has 9 heteroatoms. The van der Waals surface area contributed by atoms with Gasteiger partial charge in [0, 0.05) is 11.6 Å². The number of thiazole rings is 1. The Kier molecular flexibility index (Phi) is 6.72. The molecule has 0 aliphatic heterocycles. The number of para-hydroxylation sites is 1. The van der Waals surface area contributed by atoms with Crippen LogP contribution in [0.15, 0.2) is 46.8 Å². The minimum Gasteiger partial charge on any atom is -0.293 e. The van der Waals surface area contributed by atoms with Crippen LogP contribution in [-0.4, -0.2) is 21.4 Å². The fourth-order valence-electron chi connectivity index (χ4n) is 1.95. The Hall–Kier alpha value is -1.04. The van der Waals surface area contributed by atoms with Gasteiger partial charge in [-0.15, -0.1) is 28.3 Å². The topological polar surface area (TPSA) is 73.1 Å². The second-order valence-corrected chi connectivity index (χ2v) is 8.00. The molecule has 0 bridgehead atoms. The molecule has 124 valence electrons. The van der Waals surface area contributed by atoms with E-state index in [0.29, 0.717) is 9.13 Å². The van der Waals surface area contributed by atoms with Crippen molar-refractivity contribution in [3.63, 3.8) is 0 Å². The number of hydrogen-bond donors (Lipinski definition) is 0. The molecule has 0 aliphatic rings. The Morgan fingerprint density at radius 2 is 2.04 bits per heavy atom. The number of thioether (sulfide) groups is 1. The summed E-state index contributed by atoms with van der Waals surface area (Å²) in [5, 5.41) is 11.0. The molecule has 0 N–H and O–H groups in total. The Morgan fingerprint density at radius 3 is 2.75 bits per heavy atom. The van der Waals surface area contributed by atoms with Crippen molar-refractivity contribution in [2.45, 2.75) is 4.34 Å². The first-order valence-electron chi connectivity index (χ1n) is 6.50. The first-order valence-corrected chi connectivity index (χ1v) is 9.38. The van der Waals surface area contributed by atoms with E-state index < -0.39 is 4.92 Å². The maximum absolute atomic E-state index is 12.3. The summed E-state index contributed by atoms with van der Waals surface area (Å²) < 4.78 is 2.41. The van der Waals surface area contributed by atoms with E-state index in [2.05, 4.69) is 4.98 Å². The number of hydrogen-bond acceptors (Lipinski definition) is 6. The van der Waals surface area contributed by atoms with Crippen LogP contribution < -0.4 is 0 Å². The van der Waals surface area contributed by atoms with Crippen molar-refractivity contribution in [2.75, 3.05) is 5.75 Å². The zero-order valence-electron chi connectivity index (χ0n) is 12.0. The summed E-state index contributed by atoms with van der Waals surface area (Å²) in [7, 11) is 0. The quantitative estimate of drug-likeness (QED) is 0.144. The molecule has 0 saturated carbocycles. The van der Waals surface area contributed by atoms with Crippen LogP contribution in [0.4, 0.5) is 5.69 Å². The Bertz CT molecular complexity index is 884. The summed E-state index contributed by atoms with van der Waals surface area (Å²) >= 11 is 4.78. The van der Waals surface area contributed by atoms with Crippen molar-refractivity contribution < 1.29 is 9.72 Å². The van der Waals surface area contributed by atoms with Gasteiger partial charge in [0.05, 0.1) is 24.5 Å². The van der Waals surface area contributed by atoms with E-state index in [4.69, 9.17) is 0 Å². The summed E-state index contributed by atoms with van der Waals surface area (Å²) in [5.74, 6) is 0.0613. The lowest BCUT2D eigenvalue weighted by Crippen LogP contribution is -2.04. The van der Waals surface area contributed by atoms with Gasteiger partial charge in [0.2, 0.25) is 0 Å². The first-order chi connectivity index (χ1) is 11.0. The third kappa shape index (κ3) is 4.32. The van der Waals surface area contributed by atoms with Crippen LogP contribution in [0, 0.1) is 13.7 Å². The third-order valence-corrected chi connectivity index (χ3v) is 6.16. The van der Waals surface area contributed by atoms with Gasteiger partial charge < -0.3 is 0 Å². The molecule has 0 aliphatic carbocycles. The fourth-order valence-corrected chi connectivity index (χ4v) is 4.44. The highest BCUT2D eigenvalue weighted by atomic mass is 127. The highest BCUT2D eigenvalue weighted by Gasteiger charge is 2.16. The Balaban J connectivity index is 0.00000208. The minimum atomic E-state index is -0.473. The predicted molar refractivity (Wildman–Crippen MR) is 111 cm³/mol. The Morgan fingerprint density at radius 1 is 1.29 bits per heavy atom. The minimum absolute atomic E-state index is 0. The molecule has 5 nitrogen and oxygen atoms in total. The highest BCUT2D eigenvalue weighted by molar-refractivity contribution is 14.1. The molecular weight excluding hydrogens is 527 g/mol. The van der Waals surface area contributed by atoms with Crippen molar-refractivity contribution in [1.29, 1.82) is 0 Å². The van der Waals surface area contributed by atoms with Crippen molar-refractivity contribution in [2.24, 2.45) is 0 Å². The van der Waals surface area contributed by atoms with Crippen LogP contribution in [0.5, 0.6) is 0 Å². The number of nitrogens with zero attached hydrogens (tertiary/aromatic N) is 2. The van der Waals surface area contributed by atoms with Crippen molar-refractivity contribution >= 4 is 84.4 Å². The SMILES string of the molecule is Br.O=C(CSc1nc2ccccc2s1)c1ccc(I)c([N+](=O)[O-])c1. The fraction of sp³-hybridized carbons (Fsp3) is 0.0667. The van der Waals surface area contributed by atoms with Gasteiger partial charge in [0.25, 0.3) is 5.69 Å². The lowest BCUT2D eigenvalue weighted by molar-refractivity contribution is -0.385. The van der Waals surface area contributed by atoms with Crippen LogP contribution in [0.1, 0.15) is 10.4 Å². The molecule has 0 fully saturated rings. The van der Waals surface area contributed by atoms with Gasteiger partial charge in [-0.05, 0) is 46.9 Å². The van der Waals surface area contributed by atoms with E-state index >= 15 is 0 Å². The van der Waals surface area contributed by atoms with Gasteiger partial charge >= 0.3 is 0 Å². The average Bonchev–Trinajstić information content (AvgIpc) is 2.95. The van der Waals surface area contributed by atoms with E-state index in [1.165, 1.54) is 29.2 Å². The van der Waals surface area contributed by atoms with Crippen molar-refractivity contribution in [3.8, 4) is 0 Å². The summed E-state index contributed by atoms with van der Waals surface area (Å²) in [5.41, 5.74) is 1.23. The maximum Gasteiger partial charge on any atom is 0.283 e. The number of fused-ring (bicyclic) bond motifs is 1. The average molecular weight is 537 g/mol. The number of nitro groups is 1. The van der Waals surface area contributed by atoms with Crippen LogP contribution >= 0.6 is 62.7 Å². The molecule has 3 rings (SSSR count). The smallest absolute Gasteiger partial charge is 0.283 e. The molecule has 0 spiro atoms. The molecule has 0 unspecified atom stereocenters. The molecule has 3 aromatic rings. The number of Topliss-reactive ketones (excluding diaryl/α,β-unsaturated/α-hetero) is 1. The third-order valence-electron chi connectivity index (χ3n) is 3.07. The molecule has 2 aromatic carbocycles. The summed E-state index contributed by atoms with van der Waals surface area (Å²) in [6, 6.07) is 12.3. The second kappa shape index (κ2) is 8.37. The molecule has 1 aromatic heterocycles. The molecule has 0 amide bonds. The highest BCUT2D eigenvalue weighted by Crippen LogP contribution is 2.30. The number of carbonyl (C=O) groups excluding carboxylic acids is 1. The maximum atomic E-state index is 12.3. The van der Waals surface area contributed by atoms with E-state index in [-0.39, 0.29) is 34.2 Å². The zero-order valence-corrected chi connectivity index (χ0v) is 17.5. The molecule has 0 atom stereocenters. The lowest BCUT2D eigenvalue weighted by atomic mass is 10.1.